The van der Waals surface area contributed by atoms with Gasteiger partial charge in [-0.3, -0.25) is 9.88 Å². The molecule has 1 atom stereocenters. The molecule has 0 radical (unpaired) electrons. The minimum atomic E-state index is 0.596. The van der Waals surface area contributed by atoms with E-state index in [-0.39, 0.29) is 0 Å². The van der Waals surface area contributed by atoms with Crippen molar-refractivity contribution in [3.63, 3.8) is 0 Å². The fraction of sp³-hybridized carbons (Fsp3) is 0.409. The van der Waals surface area contributed by atoms with Crippen LogP contribution in [0.25, 0.3) is 11.0 Å². The van der Waals surface area contributed by atoms with Crippen LogP contribution in [0.15, 0.2) is 42.5 Å². The van der Waals surface area contributed by atoms with E-state index in [0.29, 0.717) is 6.04 Å². The fourth-order valence-electron chi connectivity index (χ4n) is 4.82. The van der Waals surface area contributed by atoms with Crippen LogP contribution >= 0.6 is 0 Å². The lowest BCUT2D eigenvalue weighted by Gasteiger charge is -2.30. The van der Waals surface area contributed by atoms with Crippen LogP contribution < -0.4 is 0 Å². The molecule has 128 valence electrons. The van der Waals surface area contributed by atoms with Gasteiger partial charge >= 0.3 is 0 Å². The zero-order valence-electron chi connectivity index (χ0n) is 14.9. The van der Waals surface area contributed by atoms with Gasteiger partial charge in [0, 0.05) is 42.5 Å². The predicted molar refractivity (Wildman–Crippen MR) is 102 cm³/mol. The molecule has 5 rings (SSSR count). The summed E-state index contributed by atoms with van der Waals surface area (Å²) in [6, 6.07) is 15.9. The van der Waals surface area contributed by atoms with Gasteiger partial charge in [0.2, 0.25) is 0 Å². The van der Waals surface area contributed by atoms with E-state index in [4.69, 9.17) is 4.98 Å². The molecule has 25 heavy (non-hydrogen) atoms. The van der Waals surface area contributed by atoms with Crippen LogP contribution in [-0.4, -0.2) is 27.5 Å². The van der Waals surface area contributed by atoms with Crippen molar-refractivity contribution in [2.45, 2.75) is 45.2 Å². The van der Waals surface area contributed by atoms with E-state index in [0.717, 1.165) is 25.1 Å². The Morgan fingerprint density at radius 1 is 1.08 bits per heavy atom. The Morgan fingerprint density at radius 3 is 2.84 bits per heavy atom. The lowest BCUT2D eigenvalue weighted by molar-refractivity contribution is 0.241. The largest absolute Gasteiger partial charge is 0.343 e. The molecular weight excluding hydrogens is 306 g/mol. The average molecular weight is 331 g/mol. The minimum absolute atomic E-state index is 0.596. The molecule has 2 aliphatic rings. The Bertz CT molecular complexity index is 910. The van der Waals surface area contributed by atoms with E-state index in [9.17, 15) is 0 Å². The molecule has 0 spiro atoms. The molecular formula is C22H25N3. The van der Waals surface area contributed by atoms with Crippen molar-refractivity contribution in [2.75, 3.05) is 13.1 Å². The van der Waals surface area contributed by atoms with E-state index in [1.807, 2.05) is 0 Å². The quantitative estimate of drug-likeness (QED) is 0.714. The third-order valence-electron chi connectivity index (χ3n) is 6.00. The molecule has 1 aromatic carbocycles. The maximum atomic E-state index is 4.98. The van der Waals surface area contributed by atoms with Crippen LogP contribution in [0.1, 0.15) is 41.4 Å². The second-order valence-corrected chi connectivity index (χ2v) is 7.51. The molecule has 0 N–H and O–H groups in total. The summed E-state index contributed by atoms with van der Waals surface area (Å²) in [6.07, 6.45) is 4.86. The molecule has 2 aliphatic heterocycles. The SMILES string of the molecule is Cc1ccc2c(n1)c1c(n2CCc2ccccc2)CCN2CCCC12. The third-order valence-corrected chi connectivity index (χ3v) is 6.00. The zero-order chi connectivity index (χ0) is 16.8. The highest BCUT2D eigenvalue weighted by molar-refractivity contribution is 5.83. The van der Waals surface area contributed by atoms with Gasteiger partial charge in [-0.1, -0.05) is 30.3 Å². The first-order chi connectivity index (χ1) is 12.3. The topological polar surface area (TPSA) is 21.1 Å². The van der Waals surface area contributed by atoms with Gasteiger partial charge < -0.3 is 4.57 Å². The van der Waals surface area contributed by atoms with Crippen molar-refractivity contribution >= 4 is 11.0 Å². The Balaban J connectivity index is 1.61. The lowest BCUT2D eigenvalue weighted by atomic mass is 9.98. The number of fused-ring (bicyclic) bond motifs is 5. The van der Waals surface area contributed by atoms with Crippen LogP contribution in [0.3, 0.4) is 0 Å². The van der Waals surface area contributed by atoms with E-state index < -0.39 is 0 Å². The number of pyridine rings is 1. The fourth-order valence-corrected chi connectivity index (χ4v) is 4.82. The summed E-state index contributed by atoms with van der Waals surface area (Å²) in [6.45, 7) is 5.63. The van der Waals surface area contributed by atoms with Gasteiger partial charge in [-0.15, -0.1) is 0 Å². The smallest absolute Gasteiger partial charge is 0.0934 e. The second kappa shape index (κ2) is 5.99. The molecule has 0 amide bonds. The normalized spacial score (nSPS) is 20.0. The van der Waals surface area contributed by atoms with Gasteiger partial charge in [0.1, 0.15) is 0 Å². The van der Waals surface area contributed by atoms with Gasteiger partial charge in [0.05, 0.1) is 11.0 Å². The molecule has 0 saturated carbocycles. The predicted octanol–water partition coefficient (Wildman–Crippen LogP) is 4.28. The molecule has 3 aromatic rings. The van der Waals surface area contributed by atoms with Crippen LogP contribution in [0.4, 0.5) is 0 Å². The van der Waals surface area contributed by atoms with Gasteiger partial charge in [-0.25, -0.2) is 0 Å². The summed E-state index contributed by atoms with van der Waals surface area (Å²) < 4.78 is 2.57. The Hall–Kier alpha value is -2.13. The van der Waals surface area contributed by atoms with Crippen molar-refractivity contribution in [3.05, 3.63) is 65.0 Å². The number of benzene rings is 1. The third kappa shape index (κ3) is 2.49. The van der Waals surface area contributed by atoms with Crippen molar-refractivity contribution in [3.8, 4) is 0 Å². The number of aromatic nitrogens is 2. The van der Waals surface area contributed by atoms with Crippen molar-refractivity contribution < 1.29 is 0 Å². The number of aryl methyl sites for hydroxylation is 3. The van der Waals surface area contributed by atoms with Crippen LogP contribution in [-0.2, 0) is 19.4 Å². The summed E-state index contributed by atoms with van der Waals surface area (Å²) in [4.78, 5) is 7.65. The average Bonchev–Trinajstić information content (AvgIpc) is 3.22. The molecule has 3 heteroatoms. The first-order valence-electron chi connectivity index (χ1n) is 9.58. The van der Waals surface area contributed by atoms with E-state index in [2.05, 4.69) is 58.9 Å². The Morgan fingerprint density at radius 2 is 1.96 bits per heavy atom. The van der Waals surface area contributed by atoms with Gasteiger partial charge in [0.25, 0.3) is 0 Å². The molecule has 2 aromatic heterocycles. The summed E-state index contributed by atoms with van der Waals surface area (Å²) in [5.74, 6) is 0. The zero-order valence-corrected chi connectivity index (χ0v) is 14.9. The van der Waals surface area contributed by atoms with E-state index in [1.54, 1.807) is 5.69 Å². The maximum Gasteiger partial charge on any atom is 0.0934 e. The molecule has 1 saturated heterocycles. The van der Waals surface area contributed by atoms with Crippen molar-refractivity contribution in [1.82, 2.24) is 14.5 Å². The van der Waals surface area contributed by atoms with E-state index in [1.165, 1.54) is 48.1 Å². The molecule has 4 heterocycles. The molecule has 1 unspecified atom stereocenters. The van der Waals surface area contributed by atoms with Gasteiger partial charge in [0.15, 0.2) is 0 Å². The van der Waals surface area contributed by atoms with E-state index >= 15 is 0 Å². The molecule has 0 bridgehead atoms. The Labute approximate surface area is 149 Å². The number of nitrogens with zero attached hydrogens (tertiary/aromatic N) is 3. The minimum Gasteiger partial charge on any atom is -0.343 e. The van der Waals surface area contributed by atoms with Crippen LogP contribution in [0, 0.1) is 6.92 Å². The summed E-state index contributed by atoms with van der Waals surface area (Å²) in [5.41, 5.74) is 8.23. The van der Waals surface area contributed by atoms with Gasteiger partial charge in [-0.05, 0) is 50.4 Å². The van der Waals surface area contributed by atoms with Crippen LogP contribution in [0.2, 0.25) is 0 Å². The Kier molecular flexibility index (Phi) is 3.63. The van der Waals surface area contributed by atoms with Crippen molar-refractivity contribution in [2.24, 2.45) is 0 Å². The maximum absolute atomic E-state index is 4.98. The number of hydrogen-bond donors (Lipinski definition) is 0. The number of hydrogen-bond acceptors (Lipinski definition) is 2. The van der Waals surface area contributed by atoms with Crippen LogP contribution in [0.5, 0.6) is 0 Å². The lowest BCUT2D eigenvalue weighted by Crippen LogP contribution is -2.31. The van der Waals surface area contributed by atoms with Gasteiger partial charge in [-0.2, -0.15) is 0 Å². The first-order valence-corrected chi connectivity index (χ1v) is 9.58. The summed E-state index contributed by atoms with van der Waals surface area (Å²) in [7, 11) is 0. The summed E-state index contributed by atoms with van der Waals surface area (Å²) in [5, 5.41) is 0. The summed E-state index contributed by atoms with van der Waals surface area (Å²) >= 11 is 0. The highest BCUT2D eigenvalue weighted by Crippen LogP contribution is 2.42. The second-order valence-electron chi connectivity index (χ2n) is 7.51. The highest BCUT2D eigenvalue weighted by atomic mass is 15.2. The standard InChI is InChI=1S/C22H25N3/c1-16-9-10-20-22(23-16)21-18-8-5-13-24(18)14-12-19(21)25(20)15-11-17-6-3-2-4-7-17/h2-4,6-7,9-10,18H,5,8,11-15H2,1H3. The molecule has 1 fully saturated rings. The molecule has 3 nitrogen and oxygen atoms in total. The molecule has 0 aliphatic carbocycles. The highest BCUT2D eigenvalue weighted by Gasteiger charge is 2.35. The monoisotopic (exact) mass is 331 g/mol. The first kappa shape index (κ1) is 15.2. The number of rotatable bonds is 3. The van der Waals surface area contributed by atoms with Crippen molar-refractivity contribution in [1.29, 1.82) is 0 Å².